The van der Waals surface area contributed by atoms with E-state index >= 15 is 0 Å². The van der Waals surface area contributed by atoms with Gasteiger partial charge in [-0.15, -0.1) is 0 Å². The van der Waals surface area contributed by atoms with Crippen molar-refractivity contribution < 1.29 is 19.1 Å². The lowest BCUT2D eigenvalue weighted by molar-refractivity contribution is -0.140. The molecule has 1 rings (SSSR count). The Labute approximate surface area is 161 Å². The lowest BCUT2D eigenvalue weighted by atomic mass is 10.1. The highest BCUT2D eigenvalue weighted by molar-refractivity contribution is 9.14. The minimum absolute atomic E-state index is 0.0515. The Bertz CT molecular complexity index is 556. The summed E-state index contributed by atoms with van der Waals surface area (Å²) < 4.78 is 12.8. The first-order valence-corrected chi connectivity index (χ1v) is 8.92. The van der Waals surface area contributed by atoms with E-state index in [0.29, 0.717) is 29.0 Å². The predicted molar refractivity (Wildman–Crippen MR) is 97.2 cm³/mol. The van der Waals surface area contributed by atoms with Crippen LogP contribution < -0.4 is 0 Å². The number of halogens is 4. The molecule has 0 amide bonds. The molecule has 0 aromatic heterocycles. The number of rotatable bonds is 6. The van der Waals surface area contributed by atoms with Crippen LogP contribution in [-0.4, -0.2) is 11.9 Å². The number of carbonyl (C=O) groups is 2. The van der Waals surface area contributed by atoms with Crippen molar-refractivity contribution in [2.24, 2.45) is 0 Å². The summed E-state index contributed by atoms with van der Waals surface area (Å²) in [7, 11) is 0. The van der Waals surface area contributed by atoms with Crippen molar-refractivity contribution in [3.8, 4) is 0 Å². The zero-order valence-electron chi connectivity index (χ0n) is 11.1. The number of hydrogen-bond donors (Lipinski definition) is 0. The van der Waals surface area contributed by atoms with Crippen molar-refractivity contribution in [3.05, 3.63) is 54.3 Å². The summed E-state index contributed by atoms with van der Waals surface area (Å²) in [4.78, 5) is 22.4. The first kappa shape index (κ1) is 19.6. The van der Waals surface area contributed by atoms with Crippen LogP contribution in [0.4, 0.5) is 0 Å². The average molecular weight is 562 g/mol. The average Bonchev–Trinajstić information content (AvgIpc) is 2.52. The largest absolute Gasteiger partial charge is 0.458 e. The normalized spacial score (nSPS) is 10.0. The topological polar surface area (TPSA) is 52.6 Å². The molecule has 0 spiro atoms. The van der Waals surface area contributed by atoms with E-state index in [1.54, 1.807) is 0 Å². The molecular weight excluding hydrogens is 552 g/mol. The molecular formula is C14H10Br4O4. The Balaban J connectivity index is 3.14. The van der Waals surface area contributed by atoms with Crippen molar-refractivity contribution in [1.82, 2.24) is 0 Å². The van der Waals surface area contributed by atoms with Gasteiger partial charge in [0.25, 0.3) is 0 Å². The minimum Gasteiger partial charge on any atom is -0.458 e. The predicted octanol–water partition coefficient (Wildman–Crippen LogP) is 5.20. The van der Waals surface area contributed by atoms with Gasteiger partial charge in [-0.05, 0) is 63.7 Å². The van der Waals surface area contributed by atoms with Gasteiger partial charge in [-0.3, -0.25) is 0 Å². The van der Waals surface area contributed by atoms with Crippen LogP contribution >= 0.6 is 63.7 Å². The van der Waals surface area contributed by atoms with Crippen molar-refractivity contribution in [2.45, 2.75) is 13.2 Å². The van der Waals surface area contributed by atoms with Gasteiger partial charge < -0.3 is 9.47 Å². The number of benzene rings is 1. The molecule has 0 saturated heterocycles. The van der Waals surface area contributed by atoms with Crippen LogP contribution in [0.25, 0.3) is 0 Å². The molecule has 0 heterocycles. The van der Waals surface area contributed by atoms with Crippen molar-refractivity contribution >= 4 is 75.7 Å². The third-order valence-electron chi connectivity index (χ3n) is 2.50. The molecule has 0 atom stereocenters. The Morgan fingerprint density at radius 3 is 1.27 bits per heavy atom. The molecule has 22 heavy (non-hydrogen) atoms. The van der Waals surface area contributed by atoms with Crippen molar-refractivity contribution in [1.29, 1.82) is 0 Å². The van der Waals surface area contributed by atoms with Gasteiger partial charge in [0.2, 0.25) is 0 Å². The first-order valence-electron chi connectivity index (χ1n) is 5.75. The van der Waals surface area contributed by atoms with Crippen LogP contribution in [0.5, 0.6) is 0 Å². The summed E-state index contributed by atoms with van der Waals surface area (Å²) in [5.41, 5.74) is 1.43. The summed E-state index contributed by atoms with van der Waals surface area (Å²) in [5, 5.41) is 0. The third kappa shape index (κ3) is 4.78. The molecule has 0 bridgehead atoms. The zero-order chi connectivity index (χ0) is 16.9. The fourth-order valence-corrected chi connectivity index (χ4v) is 4.12. The molecule has 0 fully saturated rings. The summed E-state index contributed by atoms with van der Waals surface area (Å²) in [6.07, 6.45) is 2.18. The lowest BCUT2D eigenvalue weighted by Gasteiger charge is -2.16. The highest BCUT2D eigenvalue weighted by Gasteiger charge is 2.20. The third-order valence-corrected chi connectivity index (χ3v) is 7.06. The lowest BCUT2D eigenvalue weighted by Crippen LogP contribution is -2.06. The maximum absolute atomic E-state index is 11.2. The fraction of sp³-hybridized carbons (Fsp3) is 0.143. The van der Waals surface area contributed by atoms with Crippen molar-refractivity contribution in [3.63, 3.8) is 0 Å². The van der Waals surface area contributed by atoms with E-state index in [0.717, 1.165) is 12.2 Å². The second kappa shape index (κ2) is 9.00. The number of esters is 2. The Kier molecular flexibility index (Phi) is 8.02. The fourth-order valence-electron chi connectivity index (χ4n) is 1.38. The second-order valence-electron chi connectivity index (χ2n) is 3.84. The van der Waals surface area contributed by atoms with E-state index in [-0.39, 0.29) is 13.2 Å². The quantitative estimate of drug-likeness (QED) is 0.272. The summed E-state index contributed by atoms with van der Waals surface area (Å²) in [6.45, 7) is 6.79. The van der Waals surface area contributed by atoms with Crippen LogP contribution in [0, 0.1) is 0 Å². The molecule has 4 nitrogen and oxygen atoms in total. The Hall–Kier alpha value is -0.440. The molecule has 0 radical (unpaired) electrons. The van der Waals surface area contributed by atoms with Crippen LogP contribution in [0.2, 0.25) is 0 Å². The standard InChI is InChI=1S/C14H10Br4O4/c1-3-9(19)21-5-7-11(15)13(17)8(14(18)12(7)16)6-22-10(20)4-2/h3-4H,1-2,5-6H2. The second-order valence-corrected chi connectivity index (χ2v) is 7.01. The van der Waals surface area contributed by atoms with Crippen LogP contribution in [0.3, 0.4) is 0 Å². The zero-order valence-corrected chi connectivity index (χ0v) is 17.5. The van der Waals surface area contributed by atoms with Crippen molar-refractivity contribution in [2.75, 3.05) is 0 Å². The van der Waals surface area contributed by atoms with Gasteiger partial charge in [0.1, 0.15) is 13.2 Å². The van der Waals surface area contributed by atoms with Crippen LogP contribution in [0.15, 0.2) is 43.2 Å². The highest BCUT2D eigenvalue weighted by atomic mass is 79.9. The van der Waals surface area contributed by atoms with Gasteiger partial charge >= 0.3 is 11.9 Å². The number of carbonyl (C=O) groups excluding carboxylic acids is 2. The molecule has 118 valence electrons. The summed E-state index contributed by atoms with van der Waals surface area (Å²) in [6, 6.07) is 0. The van der Waals surface area contributed by atoms with E-state index in [1.807, 2.05) is 0 Å². The van der Waals surface area contributed by atoms with E-state index in [9.17, 15) is 9.59 Å². The SMILES string of the molecule is C=CC(=O)OCc1c(Br)c(Br)c(COC(=O)C=C)c(Br)c1Br. The van der Waals surface area contributed by atoms with Gasteiger partial charge in [-0.2, -0.15) is 0 Å². The van der Waals surface area contributed by atoms with E-state index < -0.39 is 11.9 Å². The highest BCUT2D eigenvalue weighted by Crippen LogP contribution is 2.42. The smallest absolute Gasteiger partial charge is 0.330 e. The van der Waals surface area contributed by atoms with Crippen LogP contribution in [-0.2, 0) is 32.3 Å². The van der Waals surface area contributed by atoms with Crippen LogP contribution in [0.1, 0.15) is 11.1 Å². The molecule has 0 unspecified atom stereocenters. The molecule has 1 aromatic carbocycles. The first-order chi connectivity index (χ1) is 10.3. The molecule has 0 aliphatic carbocycles. The Morgan fingerprint density at radius 1 is 0.773 bits per heavy atom. The summed E-state index contributed by atoms with van der Waals surface area (Å²) >= 11 is 13.7. The Morgan fingerprint density at radius 2 is 1.05 bits per heavy atom. The van der Waals surface area contributed by atoms with Gasteiger partial charge in [0.05, 0.1) is 0 Å². The van der Waals surface area contributed by atoms with Gasteiger partial charge in [-0.1, -0.05) is 13.2 Å². The molecule has 1 aromatic rings. The van der Waals surface area contributed by atoms with Gasteiger partial charge in [-0.25, -0.2) is 9.59 Å². The maximum Gasteiger partial charge on any atom is 0.330 e. The van der Waals surface area contributed by atoms with E-state index in [2.05, 4.69) is 76.9 Å². The monoisotopic (exact) mass is 558 g/mol. The summed E-state index contributed by atoms with van der Waals surface area (Å²) in [5.74, 6) is -1.04. The minimum atomic E-state index is -0.518. The maximum atomic E-state index is 11.2. The molecule has 0 saturated carbocycles. The molecule has 0 N–H and O–H groups in total. The molecule has 0 aliphatic rings. The molecule has 8 heteroatoms. The van der Waals surface area contributed by atoms with Gasteiger partial charge in [0.15, 0.2) is 0 Å². The van der Waals surface area contributed by atoms with E-state index in [1.165, 1.54) is 0 Å². The molecule has 0 aliphatic heterocycles. The van der Waals surface area contributed by atoms with E-state index in [4.69, 9.17) is 9.47 Å². The number of hydrogen-bond acceptors (Lipinski definition) is 4. The number of ether oxygens (including phenoxy) is 2. The van der Waals surface area contributed by atoms with Gasteiger partial charge in [0, 0.05) is 41.2 Å².